The van der Waals surface area contributed by atoms with Crippen LogP contribution < -0.4 is 5.32 Å². The normalized spacial score (nSPS) is 14.3. The van der Waals surface area contributed by atoms with Crippen molar-refractivity contribution in [3.05, 3.63) is 63.9 Å². The summed E-state index contributed by atoms with van der Waals surface area (Å²) in [6, 6.07) is 10.0. The number of carbonyl (C=O) groups excluding carboxylic acids is 2. The van der Waals surface area contributed by atoms with Gasteiger partial charge in [-0.25, -0.2) is 9.18 Å². The molecular formula is C18H16Cl2FN3O2. The fraction of sp³-hybridized carbons (Fsp3) is 0.222. The van der Waals surface area contributed by atoms with Crippen LogP contribution >= 0.6 is 23.2 Å². The van der Waals surface area contributed by atoms with Crippen LogP contribution in [0.2, 0.25) is 10.0 Å². The number of nitrogens with one attached hydrogen (secondary N) is 1. The number of anilines is 1. The molecule has 26 heavy (non-hydrogen) atoms. The Labute approximate surface area is 160 Å². The van der Waals surface area contributed by atoms with Crippen LogP contribution in [0.4, 0.5) is 14.9 Å². The summed E-state index contributed by atoms with van der Waals surface area (Å²) in [6.45, 7) is 1.63. The lowest BCUT2D eigenvalue weighted by Crippen LogP contribution is -2.51. The maximum Gasteiger partial charge on any atom is 0.321 e. The molecule has 0 atom stereocenters. The smallest absolute Gasteiger partial charge is 0.321 e. The second-order valence-electron chi connectivity index (χ2n) is 5.85. The fourth-order valence-electron chi connectivity index (χ4n) is 2.66. The molecule has 3 amide bonds. The number of amides is 3. The van der Waals surface area contributed by atoms with Crippen molar-refractivity contribution in [1.82, 2.24) is 9.80 Å². The van der Waals surface area contributed by atoms with Gasteiger partial charge in [0.2, 0.25) is 0 Å². The molecule has 0 bridgehead atoms. The van der Waals surface area contributed by atoms with Crippen LogP contribution in [-0.4, -0.2) is 47.9 Å². The highest BCUT2D eigenvalue weighted by atomic mass is 35.5. The number of halogens is 3. The molecule has 3 rings (SSSR count). The second kappa shape index (κ2) is 7.93. The maximum atomic E-state index is 12.9. The van der Waals surface area contributed by atoms with Crippen molar-refractivity contribution in [2.24, 2.45) is 0 Å². The van der Waals surface area contributed by atoms with Crippen LogP contribution in [0.1, 0.15) is 10.4 Å². The summed E-state index contributed by atoms with van der Waals surface area (Å²) in [5, 5.41) is 3.44. The van der Waals surface area contributed by atoms with Gasteiger partial charge in [0.1, 0.15) is 5.82 Å². The van der Waals surface area contributed by atoms with E-state index >= 15 is 0 Å². The van der Waals surface area contributed by atoms with Gasteiger partial charge in [-0.05, 0) is 42.5 Å². The van der Waals surface area contributed by atoms with E-state index in [1.807, 2.05) is 0 Å². The van der Waals surface area contributed by atoms with Gasteiger partial charge in [-0.3, -0.25) is 4.79 Å². The number of hydrogen-bond acceptors (Lipinski definition) is 2. The Hall–Kier alpha value is -2.31. The van der Waals surface area contributed by atoms with E-state index in [9.17, 15) is 14.0 Å². The van der Waals surface area contributed by atoms with E-state index in [4.69, 9.17) is 23.2 Å². The summed E-state index contributed by atoms with van der Waals surface area (Å²) in [6.07, 6.45) is 0. The Kier molecular flexibility index (Phi) is 5.64. The van der Waals surface area contributed by atoms with Gasteiger partial charge in [-0.2, -0.15) is 0 Å². The first kappa shape index (κ1) is 18.5. The quantitative estimate of drug-likeness (QED) is 0.830. The van der Waals surface area contributed by atoms with Crippen molar-refractivity contribution in [3.63, 3.8) is 0 Å². The van der Waals surface area contributed by atoms with E-state index in [-0.39, 0.29) is 17.8 Å². The topological polar surface area (TPSA) is 52.7 Å². The molecule has 5 nitrogen and oxygen atoms in total. The number of benzene rings is 2. The molecule has 0 aromatic heterocycles. The minimum atomic E-state index is -0.363. The van der Waals surface area contributed by atoms with Gasteiger partial charge in [0.25, 0.3) is 5.91 Å². The first-order valence-corrected chi connectivity index (χ1v) is 8.75. The molecule has 1 aliphatic rings. The van der Waals surface area contributed by atoms with Gasteiger partial charge in [-0.1, -0.05) is 23.2 Å². The van der Waals surface area contributed by atoms with Crippen molar-refractivity contribution in [2.45, 2.75) is 0 Å². The molecule has 1 N–H and O–H groups in total. The Bertz CT molecular complexity index is 822. The highest BCUT2D eigenvalue weighted by molar-refractivity contribution is 6.42. The molecular weight excluding hydrogens is 380 g/mol. The van der Waals surface area contributed by atoms with E-state index in [1.54, 1.807) is 28.0 Å². The van der Waals surface area contributed by atoms with Crippen LogP contribution in [0, 0.1) is 5.82 Å². The standard InChI is InChI=1S/C18H16Cl2FN3O2/c19-15-6-1-12(11-16(15)20)17(25)23-7-9-24(10-8-23)18(26)22-14-4-2-13(21)3-5-14/h1-6,11H,7-10H2,(H,22,26). The van der Waals surface area contributed by atoms with Crippen LogP contribution in [-0.2, 0) is 0 Å². The summed E-state index contributed by atoms with van der Waals surface area (Å²) < 4.78 is 12.9. The highest BCUT2D eigenvalue weighted by Gasteiger charge is 2.25. The summed E-state index contributed by atoms with van der Waals surface area (Å²) in [4.78, 5) is 28.1. The van der Waals surface area contributed by atoms with Gasteiger partial charge in [0.15, 0.2) is 0 Å². The number of hydrogen-bond donors (Lipinski definition) is 1. The zero-order valence-electron chi connectivity index (χ0n) is 13.7. The molecule has 8 heteroatoms. The lowest BCUT2D eigenvalue weighted by Gasteiger charge is -2.34. The SMILES string of the molecule is O=C(Nc1ccc(F)cc1)N1CCN(C(=O)c2ccc(Cl)c(Cl)c2)CC1. The summed E-state index contributed by atoms with van der Waals surface area (Å²) in [7, 11) is 0. The molecule has 2 aromatic rings. The number of carbonyl (C=O) groups is 2. The van der Waals surface area contributed by atoms with E-state index < -0.39 is 0 Å². The first-order chi connectivity index (χ1) is 12.4. The average molecular weight is 396 g/mol. The van der Waals surface area contributed by atoms with Gasteiger partial charge in [0, 0.05) is 37.4 Å². The molecule has 0 saturated carbocycles. The minimum absolute atomic E-state index is 0.151. The molecule has 1 aliphatic heterocycles. The summed E-state index contributed by atoms with van der Waals surface area (Å²) in [5.74, 6) is -0.514. The zero-order chi connectivity index (χ0) is 18.7. The highest BCUT2D eigenvalue weighted by Crippen LogP contribution is 2.23. The third-order valence-corrected chi connectivity index (χ3v) is 4.86. The number of rotatable bonds is 2. The maximum absolute atomic E-state index is 12.9. The van der Waals surface area contributed by atoms with Gasteiger partial charge >= 0.3 is 6.03 Å². The second-order valence-corrected chi connectivity index (χ2v) is 6.66. The third-order valence-electron chi connectivity index (χ3n) is 4.12. The predicted molar refractivity (Wildman–Crippen MR) is 99.4 cm³/mol. The van der Waals surface area contributed by atoms with Crippen LogP contribution in [0.5, 0.6) is 0 Å². The molecule has 0 unspecified atom stereocenters. The average Bonchev–Trinajstić information content (AvgIpc) is 2.65. The van der Waals surface area contributed by atoms with Gasteiger partial charge in [-0.15, -0.1) is 0 Å². The van der Waals surface area contributed by atoms with E-state index in [2.05, 4.69) is 5.32 Å². The van der Waals surface area contributed by atoms with Crippen molar-refractivity contribution >= 4 is 40.8 Å². The Morgan fingerprint density at radius 2 is 1.50 bits per heavy atom. The third kappa shape index (κ3) is 4.26. The molecule has 0 spiro atoms. The number of nitrogens with zero attached hydrogens (tertiary/aromatic N) is 2. The number of urea groups is 1. The fourth-order valence-corrected chi connectivity index (χ4v) is 2.96. The van der Waals surface area contributed by atoms with Crippen LogP contribution in [0.3, 0.4) is 0 Å². The number of piperazine rings is 1. The van der Waals surface area contributed by atoms with Crippen LogP contribution in [0.25, 0.3) is 0 Å². The summed E-state index contributed by atoms with van der Waals surface area (Å²) >= 11 is 11.8. The molecule has 0 radical (unpaired) electrons. The van der Waals surface area contributed by atoms with E-state index in [0.717, 1.165) is 0 Å². The van der Waals surface area contributed by atoms with E-state index in [1.165, 1.54) is 24.3 Å². The lowest BCUT2D eigenvalue weighted by molar-refractivity contribution is 0.0671. The molecule has 2 aromatic carbocycles. The molecule has 0 aliphatic carbocycles. The van der Waals surface area contributed by atoms with Crippen molar-refractivity contribution in [2.75, 3.05) is 31.5 Å². The van der Waals surface area contributed by atoms with E-state index in [0.29, 0.717) is 47.5 Å². The van der Waals surface area contributed by atoms with Crippen molar-refractivity contribution < 1.29 is 14.0 Å². The Morgan fingerprint density at radius 1 is 0.885 bits per heavy atom. The zero-order valence-corrected chi connectivity index (χ0v) is 15.2. The monoisotopic (exact) mass is 395 g/mol. The lowest BCUT2D eigenvalue weighted by atomic mass is 10.2. The van der Waals surface area contributed by atoms with Gasteiger partial charge < -0.3 is 15.1 Å². The summed E-state index contributed by atoms with van der Waals surface area (Å²) in [5.41, 5.74) is 0.981. The Morgan fingerprint density at radius 3 is 2.12 bits per heavy atom. The molecule has 1 fully saturated rings. The molecule has 136 valence electrons. The molecule has 1 saturated heterocycles. The van der Waals surface area contributed by atoms with Crippen molar-refractivity contribution in [1.29, 1.82) is 0 Å². The largest absolute Gasteiger partial charge is 0.335 e. The predicted octanol–water partition coefficient (Wildman–Crippen LogP) is 4.12. The van der Waals surface area contributed by atoms with Crippen molar-refractivity contribution in [3.8, 4) is 0 Å². The Balaban J connectivity index is 1.56. The first-order valence-electron chi connectivity index (χ1n) is 8.00. The minimum Gasteiger partial charge on any atom is -0.335 e. The molecule has 1 heterocycles. The van der Waals surface area contributed by atoms with Crippen LogP contribution in [0.15, 0.2) is 42.5 Å². The van der Waals surface area contributed by atoms with Gasteiger partial charge in [0.05, 0.1) is 10.0 Å².